The predicted octanol–water partition coefficient (Wildman–Crippen LogP) is 1.93. The van der Waals surface area contributed by atoms with E-state index >= 15 is 0 Å². The van der Waals surface area contributed by atoms with Crippen molar-refractivity contribution in [3.05, 3.63) is 0 Å². The first-order valence-electron chi connectivity index (χ1n) is 8.51. The highest BCUT2D eigenvalue weighted by molar-refractivity contribution is 4.97. The van der Waals surface area contributed by atoms with Crippen molar-refractivity contribution in [3.63, 3.8) is 0 Å². The monoisotopic (exact) mass is 265 g/mol. The van der Waals surface area contributed by atoms with E-state index in [-0.39, 0.29) is 0 Å². The smallest absolute Gasteiger partial charge is 0.0264 e. The van der Waals surface area contributed by atoms with Gasteiger partial charge in [0.15, 0.2) is 0 Å². The molecule has 0 radical (unpaired) electrons. The zero-order valence-corrected chi connectivity index (χ0v) is 12.8. The van der Waals surface area contributed by atoms with Crippen LogP contribution in [0.2, 0.25) is 0 Å². The topological polar surface area (TPSA) is 18.5 Å². The van der Waals surface area contributed by atoms with Gasteiger partial charge in [-0.15, -0.1) is 0 Å². The highest BCUT2D eigenvalue weighted by atomic mass is 15.3. The van der Waals surface area contributed by atoms with Crippen LogP contribution in [0.5, 0.6) is 0 Å². The fourth-order valence-corrected chi connectivity index (χ4v) is 4.42. The fraction of sp³-hybridized carbons (Fsp3) is 1.00. The van der Waals surface area contributed by atoms with Crippen molar-refractivity contribution in [1.29, 1.82) is 0 Å². The van der Waals surface area contributed by atoms with Crippen LogP contribution in [0, 0.1) is 5.92 Å². The normalized spacial score (nSPS) is 39.2. The highest BCUT2D eigenvalue weighted by Crippen LogP contribution is 2.31. The van der Waals surface area contributed by atoms with Gasteiger partial charge in [-0.25, -0.2) is 0 Å². The Hall–Kier alpha value is -0.120. The third-order valence-corrected chi connectivity index (χ3v) is 5.86. The van der Waals surface area contributed by atoms with Crippen molar-refractivity contribution in [2.75, 3.05) is 32.7 Å². The van der Waals surface area contributed by atoms with Crippen molar-refractivity contribution >= 4 is 0 Å². The molecule has 0 spiro atoms. The number of hydrogen-bond acceptors (Lipinski definition) is 3. The zero-order chi connectivity index (χ0) is 13.2. The SMILES string of the molecule is CCC(C)C1CN(C2CCN3CCCCC23)CCN1. The maximum Gasteiger partial charge on any atom is 0.0264 e. The molecule has 0 aromatic carbocycles. The third-order valence-electron chi connectivity index (χ3n) is 5.86. The van der Waals surface area contributed by atoms with Crippen molar-refractivity contribution in [2.45, 2.75) is 64.1 Å². The first kappa shape index (κ1) is 13.8. The lowest BCUT2D eigenvalue weighted by atomic mass is 9.93. The van der Waals surface area contributed by atoms with Gasteiger partial charge in [-0.05, 0) is 31.7 Å². The Balaban J connectivity index is 1.62. The molecule has 0 amide bonds. The van der Waals surface area contributed by atoms with Gasteiger partial charge in [0.25, 0.3) is 0 Å². The number of piperazine rings is 1. The molecule has 110 valence electrons. The van der Waals surface area contributed by atoms with E-state index < -0.39 is 0 Å². The van der Waals surface area contributed by atoms with Crippen LogP contribution >= 0.6 is 0 Å². The number of fused-ring (bicyclic) bond motifs is 1. The molecular formula is C16H31N3. The van der Waals surface area contributed by atoms with Crippen LogP contribution in [-0.2, 0) is 0 Å². The molecule has 3 fully saturated rings. The van der Waals surface area contributed by atoms with E-state index in [0.717, 1.165) is 24.0 Å². The van der Waals surface area contributed by atoms with Gasteiger partial charge in [0.1, 0.15) is 0 Å². The van der Waals surface area contributed by atoms with E-state index in [9.17, 15) is 0 Å². The Morgan fingerprint density at radius 1 is 1.05 bits per heavy atom. The minimum absolute atomic E-state index is 0.719. The fourth-order valence-electron chi connectivity index (χ4n) is 4.42. The van der Waals surface area contributed by atoms with Crippen molar-refractivity contribution in [1.82, 2.24) is 15.1 Å². The lowest BCUT2D eigenvalue weighted by Crippen LogP contribution is -2.58. The van der Waals surface area contributed by atoms with Crippen molar-refractivity contribution in [2.24, 2.45) is 5.92 Å². The quantitative estimate of drug-likeness (QED) is 0.841. The minimum atomic E-state index is 0.719. The summed E-state index contributed by atoms with van der Waals surface area (Å²) < 4.78 is 0. The Kier molecular flexibility index (Phi) is 4.45. The van der Waals surface area contributed by atoms with E-state index in [1.807, 2.05) is 0 Å². The number of nitrogens with one attached hydrogen (secondary N) is 1. The molecule has 0 aliphatic carbocycles. The average Bonchev–Trinajstić information content (AvgIpc) is 2.90. The van der Waals surface area contributed by atoms with Crippen LogP contribution in [0.3, 0.4) is 0 Å². The van der Waals surface area contributed by atoms with Gasteiger partial charge in [0.2, 0.25) is 0 Å². The number of hydrogen-bond donors (Lipinski definition) is 1. The lowest BCUT2D eigenvalue weighted by Gasteiger charge is -2.43. The summed E-state index contributed by atoms with van der Waals surface area (Å²) in [4.78, 5) is 5.60. The Morgan fingerprint density at radius 3 is 2.74 bits per heavy atom. The van der Waals surface area contributed by atoms with Crippen LogP contribution in [0.4, 0.5) is 0 Å². The zero-order valence-electron chi connectivity index (χ0n) is 12.8. The third kappa shape index (κ3) is 2.84. The van der Waals surface area contributed by atoms with Crippen LogP contribution < -0.4 is 5.32 Å². The van der Waals surface area contributed by atoms with Gasteiger partial charge < -0.3 is 5.32 Å². The number of rotatable bonds is 3. The van der Waals surface area contributed by atoms with Crippen molar-refractivity contribution in [3.8, 4) is 0 Å². The number of nitrogens with zero attached hydrogens (tertiary/aromatic N) is 2. The summed E-state index contributed by atoms with van der Waals surface area (Å²) in [6.07, 6.45) is 7.05. The largest absolute Gasteiger partial charge is 0.311 e. The maximum absolute atomic E-state index is 3.74. The molecule has 3 saturated heterocycles. The van der Waals surface area contributed by atoms with E-state index in [1.54, 1.807) is 0 Å². The van der Waals surface area contributed by atoms with Gasteiger partial charge in [-0.3, -0.25) is 9.80 Å². The van der Waals surface area contributed by atoms with Crippen LogP contribution in [0.1, 0.15) is 46.0 Å². The standard InChI is InChI=1S/C16H31N3/c1-3-13(2)14-12-19(11-8-17-14)16-7-10-18-9-5-4-6-15(16)18/h13-17H,3-12H2,1-2H3. The Bertz CT molecular complexity index is 294. The average molecular weight is 265 g/mol. The Morgan fingerprint density at radius 2 is 1.89 bits per heavy atom. The first-order valence-corrected chi connectivity index (χ1v) is 8.51. The van der Waals surface area contributed by atoms with Crippen LogP contribution in [0.25, 0.3) is 0 Å². The second kappa shape index (κ2) is 6.11. The second-order valence-corrected chi connectivity index (χ2v) is 6.90. The minimum Gasteiger partial charge on any atom is -0.311 e. The van der Waals surface area contributed by atoms with E-state index in [1.165, 1.54) is 64.8 Å². The van der Waals surface area contributed by atoms with E-state index in [0.29, 0.717) is 0 Å². The predicted molar refractivity (Wildman–Crippen MR) is 80.4 cm³/mol. The van der Waals surface area contributed by atoms with Gasteiger partial charge in [-0.1, -0.05) is 26.7 Å². The molecular weight excluding hydrogens is 234 g/mol. The summed E-state index contributed by atoms with van der Waals surface area (Å²) in [5.41, 5.74) is 0. The summed E-state index contributed by atoms with van der Waals surface area (Å²) in [7, 11) is 0. The molecule has 1 N–H and O–H groups in total. The van der Waals surface area contributed by atoms with E-state index in [4.69, 9.17) is 0 Å². The highest BCUT2D eigenvalue weighted by Gasteiger charge is 2.40. The molecule has 0 saturated carbocycles. The number of piperidine rings is 1. The van der Waals surface area contributed by atoms with E-state index in [2.05, 4.69) is 29.0 Å². The second-order valence-electron chi connectivity index (χ2n) is 6.90. The molecule has 0 aromatic rings. The molecule has 0 aromatic heterocycles. The maximum atomic E-state index is 3.74. The Labute approximate surface area is 118 Å². The molecule has 3 aliphatic heterocycles. The molecule has 3 rings (SSSR count). The van der Waals surface area contributed by atoms with Gasteiger partial charge in [-0.2, -0.15) is 0 Å². The van der Waals surface area contributed by atoms with Crippen LogP contribution in [0.15, 0.2) is 0 Å². The van der Waals surface area contributed by atoms with Crippen LogP contribution in [-0.4, -0.2) is 60.6 Å². The molecule has 3 heterocycles. The van der Waals surface area contributed by atoms with Gasteiger partial charge >= 0.3 is 0 Å². The molecule has 3 aliphatic rings. The molecule has 19 heavy (non-hydrogen) atoms. The molecule has 4 unspecified atom stereocenters. The molecule has 0 bridgehead atoms. The van der Waals surface area contributed by atoms with Crippen molar-refractivity contribution < 1.29 is 0 Å². The molecule has 3 heteroatoms. The first-order chi connectivity index (χ1) is 9.29. The summed E-state index contributed by atoms with van der Waals surface area (Å²) in [6, 6.07) is 2.45. The van der Waals surface area contributed by atoms with Gasteiger partial charge in [0, 0.05) is 44.3 Å². The molecule has 4 atom stereocenters. The lowest BCUT2D eigenvalue weighted by molar-refractivity contribution is 0.0798. The summed E-state index contributed by atoms with van der Waals surface area (Å²) in [5.74, 6) is 0.812. The van der Waals surface area contributed by atoms with Gasteiger partial charge in [0.05, 0.1) is 0 Å². The summed E-state index contributed by atoms with van der Waals surface area (Å²) >= 11 is 0. The summed E-state index contributed by atoms with van der Waals surface area (Å²) in [5, 5.41) is 3.74. The summed E-state index contributed by atoms with van der Waals surface area (Å²) in [6.45, 7) is 11.2. The molecule has 3 nitrogen and oxygen atoms in total.